The average molecular weight is 441 g/mol. The van der Waals surface area contributed by atoms with Gasteiger partial charge in [0.1, 0.15) is 6.23 Å². The van der Waals surface area contributed by atoms with Crippen LogP contribution in [0.25, 0.3) is 0 Å². The quantitative estimate of drug-likeness (QED) is 0.790. The summed E-state index contributed by atoms with van der Waals surface area (Å²) in [6.45, 7) is 2.09. The van der Waals surface area contributed by atoms with Gasteiger partial charge in [0.15, 0.2) is 0 Å². The fraction of sp³-hybridized carbons (Fsp3) is 0.333. The van der Waals surface area contributed by atoms with Crippen LogP contribution in [0.5, 0.6) is 0 Å². The molecule has 1 atom stereocenters. The van der Waals surface area contributed by atoms with E-state index >= 15 is 0 Å². The van der Waals surface area contributed by atoms with Crippen molar-refractivity contribution in [3.8, 4) is 6.07 Å². The first-order valence-corrected chi connectivity index (χ1v) is 8.98. The Morgan fingerprint density at radius 1 is 1.15 bits per heavy atom. The van der Waals surface area contributed by atoms with Crippen LogP contribution in [-0.2, 0) is 6.18 Å². The van der Waals surface area contributed by atoms with Crippen LogP contribution >= 0.6 is 15.9 Å². The number of alkyl halides is 3. The summed E-state index contributed by atoms with van der Waals surface area (Å²) in [5.74, 6) is 0. The lowest BCUT2D eigenvalue weighted by Gasteiger charge is -2.38. The minimum absolute atomic E-state index is 0.386. The third kappa shape index (κ3) is 4.40. The van der Waals surface area contributed by atoms with Crippen molar-refractivity contribution >= 4 is 21.6 Å². The molecule has 9 heteroatoms. The van der Waals surface area contributed by atoms with Crippen molar-refractivity contribution in [2.75, 3.05) is 31.1 Å². The molecule has 0 amide bonds. The predicted octanol–water partition coefficient (Wildman–Crippen LogP) is 3.55. The summed E-state index contributed by atoms with van der Waals surface area (Å²) >= 11 is 3.32. The lowest BCUT2D eigenvalue weighted by atomic mass is 10.1. The number of piperazine rings is 1. The molecule has 0 spiro atoms. The largest absolute Gasteiger partial charge is 0.417 e. The molecule has 1 aromatic carbocycles. The molecule has 1 fully saturated rings. The van der Waals surface area contributed by atoms with E-state index in [1.807, 2.05) is 9.80 Å². The molecule has 1 unspecified atom stereocenters. The molecule has 1 saturated heterocycles. The fourth-order valence-corrected chi connectivity index (χ4v) is 3.46. The normalized spacial score (nSPS) is 16.8. The Morgan fingerprint density at radius 3 is 2.44 bits per heavy atom. The number of aliphatic hydroxyl groups excluding tert-OH is 1. The van der Waals surface area contributed by atoms with Crippen LogP contribution in [0.2, 0.25) is 0 Å². The summed E-state index contributed by atoms with van der Waals surface area (Å²) in [7, 11) is 0. The molecule has 1 aromatic heterocycles. The zero-order valence-electron chi connectivity index (χ0n) is 14.1. The molecule has 0 radical (unpaired) electrons. The Kier molecular flexibility index (Phi) is 5.69. The molecule has 0 saturated carbocycles. The number of hydrogen-bond acceptors (Lipinski definition) is 5. The van der Waals surface area contributed by atoms with Crippen molar-refractivity contribution in [3.05, 3.63) is 57.8 Å². The average Bonchev–Trinajstić information content (AvgIpc) is 2.66. The van der Waals surface area contributed by atoms with Crippen molar-refractivity contribution in [3.63, 3.8) is 0 Å². The van der Waals surface area contributed by atoms with Gasteiger partial charge in [-0.2, -0.15) is 18.4 Å². The Morgan fingerprint density at radius 2 is 1.85 bits per heavy atom. The van der Waals surface area contributed by atoms with Gasteiger partial charge in [-0.15, -0.1) is 0 Å². The van der Waals surface area contributed by atoms with E-state index in [1.54, 1.807) is 24.5 Å². The van der Waals surface area contributed by atoms with Gasteiger partial charge in [-0.1, -0.05) is 0 Å². The van der Waals surface area contributed by atoms with Crippen LogP contribution in [0, 0.1) is 11.3 Å². The molecule has 1 aliphatic heterocycles. The molecule has 3 rings (SSSR count). The Hall–Kier alpha value is -2.15. The second kappa shape index (κ2) is 7.84. The zero-order valence-corrected chi connectivity index (χ0v) is 15.7. The summed E-state index contributed by atoms with van der Waals surface area (Å²) in [6, 6.07) is 7.02. The van der Waals surface area contributed by atoms with E-state index in [-0.39, 0.29) is 5.56 Å². The molecule has 0 aliphatic carbocycles. The van der Waals surface area contributed by atoms with Gasteiger partial charge in [-0.05, 0) is 40.2 Å². The molecule has 2 aromatic rings. The van der Waals surface area contributed by atoms with Gasteiger partial charge < -0.3 is 10.0 Å². The maximum absolute atomic E-state index is 12.9. The number of anilines is 1. The minimum Gasteiger partial charge on any atom is -0.374 e. The highest BCUT2D eigenvalue weighted by molar-refractivity contribution is 9.10. The van der Waals surface area contributed by atoms with E-state index in [9.17, 15) is 18.3 Å². The van der Waals surface area contributed by atoms with Crippen LogP contribution < -0.4 is 4.90 Å². The molecule has 27 heavy (non-hydrogen) atoms. The summed E-state index contributed by atoms with van der Waals surface area (Å²) in [5.41, 5.74) is -0.0791. The number of aromatic nitrogens is 1. The third-order valence-electron chi connectivity index (χ3n) is 4.48. The van der Waals surface area contributed by atoms with Crippen LogP contribution in [0.1, 0.15) is 22.9 Å². The second-order valence-electron chi connectivity index (χ2n) is 6.17. The monoisotopic (exact) mass is 440 g/mol. The maximum Gasteiger partial charge on any atom is 0.417 e. The lowest BCUT2D eigenvalue weighted by Crippen LogP contribution is -2.47. The SMILES string of the molecule is N#Cc1cc(N2CCN(C(O)c3cncc(Br)c3)CC2)ccc1C(F)(F)F. The van der Waals surface area contributed by atoms with E-state index in [0.717, 1.165) is 10.5 Å². The van der Waals surface area contributed by atoms with Crippen molar-refractivity contribution in [1.29, 1.82) is 5.26 Å². The molecule has 5 nitrogen and oxygen atoms in total. The fourth-order valence-electron chi connectivity index (χ4n) is 3.07. The van der Waals surface area contributed by atoms with Gasteiger partial charge in [0, 0.05) is 54.3 Å². The molecular formula is C18H16BrF3N4O. The molecule has 1 N–H and O–H groups in total. The number of nitrogens with zero attached hydrogens (tertiary/aromatic N) is 4. The van der Waals surface area contributed by atoms with Gasteiger partial charge in [0.05, 0.1) is 17.2 Å². The van der Waals surface area contributed by atoms with Gasteiger partial charge in [-0.3, -0.25) is 9.88 Å². The first kappa shape index (κ1) is 19.6. The van der Waals surface area contributed by atoms with Crippen LogP contribution in [-0.4, -0.2) is 41.2 Å². The van der Waals surface area contributed by atoms with Gasteiger partial charge in [0.25, 0.3) is 0 Å². The summed E-state index contributed by atoms with van der Waals surface area (Å²) in [5, 5.41) is 19.6. The van der Waals surface area contributed by atoms with Crippen molar-refractivity contribution < 1.29 is 18.3 Å². The number of pyridine rings is 1. The van der Waals surface area contributed by atoms with Gasteiger partial charge >= 0.3 is 6.18 Å². The van der Waals surface area contributed by atoms with Crippen LogP contribution in [0.4, 0.5) is 18.9 Å². The topological polar surface area (TPSA) is 63.4 Å². The summed E-state index contributed by atoms with van der Waals surface area (Å²) in [6.07, 6.45) is -2.13. The van der Waals surface area contributed by atoms with Gasteiger partial charge in [0.2, 0.25) is 0 Å². The van der Waals surface area contributed by atoms with Crippen molar-refractivity contribution in [2.24, 2.45) is 0 Å². The third-order valence-corrected chi connectivity index (χ3v) is 4.91. The minimum atomic E-state index is -4.55. The first-order valence-electron chi connectivity index (χ1n) is 8.18. The van der Waals surface area contributed by atoms with E-state index < -0.39 is 18.0 Å². The standard InChI is InChI=1S/C18H16BrF3N4O/c19-14-7-13(10-24-11-14)17(27)26-5-3-25(4-6-26)15-1-2-16(18(20,21)22)12(8-15)9-23/h1-2,7-8,10-11,17,27H,3-6H2. The van der Waals surface area contributed by atoms with Crippen molar-refractivity contribution in [1.82, 2.24) is 9.88 Å². The number of aliphatic hydroxyl groups is 1. The molecular weight excluding hydrogens is 425 g/mol. The predicted molar refractivity (Wildman–Crippen MR) is 96.8 cm³/mol. The highest BCUT2D eigenvalue weighted by Gasteiger charge is 2.34. The Bertz CT molecular complexity index is 860. The number of rotatable bonds is 3. The zero-order chi connectivity index (χ0) is 19.6. The lowest BCUT2D eigenvalue weighted by molar-refractivity contribution is -0.137. The summed E-state index contributed by atoms with van der Waals surface area (Å²) < 4.78 is 39.6. The van der Waals surface area contributed by atoms with Crippen molar-refractivity contribution in [2.45, 2.75) is 12.4 Å². The van der Waals surface area contributed by atoms with E-state index in [4.69, 9.17) is 5.26 Å². The van der Waals surface area contributed by atoms with Crippen LogP contribution in [0.15, 0.2) is 41.1 Å². The molecule has 1 aliphatic rings. The number of halogens is 4. The van der Waals surface area contributed by atoms with E-state index in [0.29, 0.717) is 37.4 Å². The first-order chi connectivity index (χ1) is 12.8. The highest BCUT2D eigenvalue weighted by Crippen LogP contribution is 2.34. The number of hydrogen-bond donors (Lipinski definition) is 1. The molecule has 2 heterocycles. The number of benzene rings is 1. The molecule has 142 valence electrons. The van der Waals surface area contributed by atoms with E-state index in [1.165, 1.54) is 12.1 Å². The number of nitriles is 1. The smallest absolute Gasteiger partial charge is 0.374 e. The summed E-state index contributed by atoms with van der Waals surface area (Å²) in [4.78, 5) is 7.82. The molecule has 0 bridgehead atoms. The van der Waals surface area contributed by atoms with Crippen LogP contribution in [0.3, 0.4) is 0 Å². The highest BCUT2D eigenvalue weighted by atomic mass is 79.9. The van der Waals surface area contributed by atoms with E-state index in [2.05, 4.69) is 20.9 Å². The second-order valence-corrected chi connectivity index (χ2v) is 7.09. The Balaban J connectivity index is 1.70. The maximum atomic E-state index is 12.9. The Labute approximate surface area is 162 Å². The van der Waals surface area contributed by atoms with Gasteiger partial charge in [-0.25, -0.2) is 0 Å².